The molecular weight excluding hydrogens is 326 g/mol. The topological polar surface area (TPSA) is 46.2 Å². The molecule has 0 unspecified atom stereocenters. The minimum atomic E-state index is -2.96. The van der Waals surface area contributed by atoms with E-state index in [4.69, 9.17) is 0 Å². The molecule has 0 heterocycles. The lowest BCUT2D eigenvalue weighted by Crippen LogP contribution is -2.45. The van der Waals surface area contributed by atoms with Crippen molar-refractivity contribution < 1.29 is 8.42 Å². The molecule has 0 bridgehead atoms. The first-order chi connectivity index (χ1) is 8.97. The van der Waals surface area contributed by atoms with Gasteiger partial charge in [-0.3, -0.25) is 0 Å². The highest BCUT2D eigenvalue weighted by atomic mass is 79.9. The number of sulfone groups is 1. The zero-order valence-electron chi connectivity index (χ0n) is 11.1. The van der Waals surface area contributed by atoms with Gasteiger partial charge in [0.25, 0.3) is 0 Å². The van der Waals surface area contributed by atoms with Crippen molar-refractivity contribution in [1.82, 2.24) is 5.32 Å². The molecule has 0 spiro atoms. The van der Waals surface area contributed by atoms with Gasteiger partial charge in [-0.2, -0.15) is 0 Å². The third-order valence-electron chi connectivity index (χ3n) is 3.73. The van der Waals surface area contributed by atoms with Crippen molar-refractivity contribution in [3.05, 3.63) is 34.3 Å². The van der Waals surface area contributed by atoms with Crippen molar-refractivity contribution >= 4 is 25.8 Å². The van der Waals surface area contributed by atoms with Crippen LogP contribution in [0.5, 0.6) is 0 Å². The highest BCUT2D eigenvalue weighted by Gasteiger charge is 2.32. The fourth-order valence-electron chi connectivity index (χ4n) is 2.69. The highest BCUT2D eigenvalue weighted by Crippen LogP contribution is 2.24. The predicted molar refractivity (Wildman–Crippen MR) is 81.9 cm³/mol. The highest BCUT2D eigenvalue weighted by molar-refractivity contribution is 9.10. The van der Waals surface area contributed by atoms with E-state index in [0.29, 0.717) is 0 Å². The first-order valence-electron chi connectivity index (χ1n) is 6.63. The van der Waals surface area contributed by atoms with Gasteiger partial charge in [0.2, 0.25) is 0 Å². The maximum atomic E-state index is 11.8. The summed E-state index contributed by atoms with van der Waals surface area (Å²) in [6.45, 7) is 0.726. The maximum Gasteiger partial charge on any atom is 0.151 e. The van der Waals surface area contributed by atoms with Gasteiger partial charge >= 0.3 is 0 Å². The molecule has 0 amide bonds. The molecule has 0 aliphatic heterocycles. The van der Waals surface area contributed by atoms with Crippen molar-refractivity contribution in [1.29, 1.82) is 0 Å². The average molecular weight is 346 g/mol. The summed E-state index contributed by atoms with van der Waals surface area (Å²) in [6.07, 6.45) is 5.24. The minimum Gasteiger partial charge on any atom is -0.309 e. The summed E-state index contributed by atoms with van der Waals surface area (Å²) in [7, 11) is -2.96. The second-order valence-corrected chi connectivity index (χ2v) is 8.45. The Morgan fingerprint density at radius 3 is 2.47 bits per heavy atom. The van der Waals surface area contributed by atoms with Gasteiger partial charge in [-0.05, 0) is 30.5 Å². The van der Waals surface area contributed by atoms with E-state index in [-0.39, 0.29) is 11.3 Å². The number of rotatable bonds is 4. The Morgan fingerprint density at radius 1 is 1.21 bits per heavy atom. The SMILES string of the molecule is CS(=O)(=O)[C@H]1CCCC[C@@H]1NCc1ccc(Br)cc1. The van der Waals surface area contributed by atoms with Gasteiger partial charge in [0.1, 0.15) is 0 Å². The number of halogens is 1. The van der Waals surface area contributed by atoms with E-state index in [1.807, 2.05) is 12.1 Å². The monoisotopic (exact) mass is 345 g/mol. The summed E-state index contributed by atoms with van der Waals surface area (Å²) >= 11 is 3.41. The van der Waals surface area contributed by atoms with Gasteiger partial charge in [-0.25, -0.2) is 8.42 Å². The second-order valence-electron chi connectivity index (χ2n) is 5.27. The first-order valence-corrected chi connectivity index (χ1v) is 9.38. The third kappa shape index (κ3) is 4.29. The van der Waals surface area contributed by atoms with Crippen LogP contribution in [0.3, 0.4) is 0 Å². The molecule has 1 aromatic rings. The molecule has 0 radical (unpaired) electrons. The van der Waals surface area contributed by atoms with Crippen molar-refractivity contribution in [2.75, 3.05) is 6.26 Å². The fourth-order valence-corrected chi connectivity index (χ4v) is 4.38. The molecule has 106 valence electrons. The van der Waals surface area contributed by atoms with Crippen LogP contribution in [0.25, 0.3) is 0 Å². The summed E-state index contributed by atoms with van der Waals surface area (Å²) in [4.78, 5) is 0. The molecule has 1 fully saturated rings. The Morgan fingerprint density at radius 2 is 1.84 bits per heavy atom. The second kappa shape index (κ2) is 6.37. The Balaban J connectivity index is 1.98. The Labute approximate surface area is 123 Å². The fraction of sp³-hybridized carbons (Fsp3) is 0.571. The number of hydrogen-bond donors (Lipinski definition) is 1. The van der Waals surface area contributed by atoms with Crippen LogP contribution in [-0.4, -0.2) is 26.0 Å². The Kier molecular flexibility index (Phi) is 5.03. The number of nitrogens with one attached hydrogen (secondary N) is 1. The third-order valence-corrected chi connectivity index (χ3v) is 5.93. The van der Waals surface area contributed by atoms with E-state index in [1.165, 1.54) is 11.8 Å². The first kappa shape index (κ1) is 15.0. The average Bonchev–Trinajstić information content (AvgIpc) is 2.37. The molecule has 3 nitrogen and oxygen atoms in total. The van der Waals surface area contributed by atoms with E-state index >= 15 is 0 Å². The van der Waals surface area contributed by atoms with Crippen molar-refractivity contribution in [3.63, 3.8) is 0 Å². The van der Waals surface area contributed by atoms with Crippen LogP contribution in [0.4, 0.5) is 0 Å². The Bertz CT molecular complexity index is 513. The van der Waals surface area contributed by atoms with Crippen LogP contribution in [0.1, 0.15) is 31.2 Å². The van der Waals surface area contributed by atoms with Crippen LogP contribution in [0, 0.1) is 0 Å². The van der Waals surface area contributed by atoms with Crippen LogP contribution >= 0.6 is 15.9 Å². The maximum absolute atomic E-state index is 11.8. The van der Waals surface area contributed by atoms with Crippen LogP contribution in [-0.2, 0) is 16.4 Å². The summed E-state index contributed by atoms with van der Waals surface area (Å²) in [5.41, 5.74) is 1.18. The number of hydrogen-bond acceptors (Lipinski definition) is 3. The van der Waals surface area contributed by atoms with Crippen molar-refractivity contribution in [2.24, 2.45) is 0 Å². The molecule has 1 aliphatic carbocycles. The van der Waals surface area contributed by atoms with Crippen LogP contribution in [0.15, 0.2) is 28.7 Å². The normalized spacial score (nSPS) is 24.3. The largest absolute Gasteiger partial charge is 0.309 e. The van der Waals surface area contributed by atoms with Gasteiger partial charge < -0.3 is 5.32 Å². The predicted octanol–water partition coefficient (Wildman–Crippen LogP) is 2.89. The molecule has 19 heavy (non-hydrogen) atoms. The van der Waals surface area contributed by atoms with E-state index in [9.17, 15) is 8.42 Å². The van der Waals surface area contributed by atoms with Crippen LogP contribution < -0.4 is 5.32 Å². The molecule has 0 saturated heterocycles. The molecule has 1 aromatic carbocycles. The van der Waals surface area contributed by atoms with E-state index in [2.05, 4.69) is 33.4 Å². The van der Waals surface area contributed by atoms with Crippen LogP contribution in [0.2, 0.25) is 0 Å². The molecule has 5 heteroatoms. The lowest BCUT2D eigenvalue weighted by Gasteiger charge is -2.31. The molecule has 0 aromatic heterocycles. The molecule has 1 N–H and O–H groups in total. The zero-order valence-corrected chi connectivity index (χ0v) is 13.5. The molecule has 2 rings (SSSR count). The van der Waals surface area contributed by atoms with E-state index in [1.54, 1.807) is 0 Å². The van der Waals surface area contributed by atoms with Crippen molar-refractivity contribution in [3.8, 4) is 0 Å². The summed E-state index contributed by atoms with van der Waals surface area (Å²) in [6, 6.07) is 8.20. The van der Waals surface area contributed by atoms with Gasteiger partial charge in [-0.15, -0.1) is 0 Å². The lowest BCUT2D eigenvalue weighted by molar-refractivity contribution is 0.370. The van der Waals surface area contributed by atoms with E-state index in [0.717, 1.165) is 36.7 Å². The standard InChI is InChI=1S/C14H20BrNO2S/c1-19(17,18)14-5-3-2-4-13(14)16-10-11-6-8-12(15)9-7-11/h6-9,13-14,16H,2-5,10H2,1H3/t13-,14-/m0/s1. The summed E-state index contributed by atoms with van der Waals surface area (Å²) in [5.74, 6) is 0. The molecule has 1 aliphatic rings. The van der Waals surface area contributed by atoms with E-state index < -0.39 is 9.84 Å². The number of benzene rings is 1. The van der Waals surface area contributed by atoms with Crippen molar-refractivity contribution in [2.45, 2.75) is 43.5 Å². The minimum absolute atomic E-state index is 0.0902. The summed E-state index contributed by atoms with van der Waals surface area (Å²) < 4.78 is 24.7. The zero-order chi connectivity index (χ0) is 13.9. The van der Waals surface area contributed by atoms with Gasteiger partial charge in [-0.1, -0.05) is 40.9 Å². The molecular formula is C14H20BrNO2S. The smallest absolute Gasteiger partial charge is 0.151 e. The Hall–Kier alpha value is -0.390. The summed E-state index contributed by atoms with van der Waals surface area (Å²) in [5, 5.41) is 3.19. The quantitative estimate of drug-likeness (QED) is 0.912. The molecule has 2 atom stereocenters. The molecule has 1 saturated carbocycles. The lowest BCUT2D eigenvalue weighted by atomic mass is 9.94. The van der Waals surface area contributed by atoms with Gasteiger partial charge in [0.05, 0.1) is 5.25 Å². The van der Waals surface area contributed by atoms with Gasteiger partial charge in [0, 0.05) is 23.3 Å². The van der Waals surface area contributed by atoms with Gasteiger partial charge in [0.15, 0.2) is 9.84 Å².